The number of rotatable bonds is 3. The third kappa shape index (κ3) is 197. The molecule has 0 spiro atoms. The summed E-state index contributed by atoms with van der Waals surface area (Å²) in [6.45, 7) is 52.9. The summed E-state index contributed by atoms with van der Waals surface area (Å²) in [4.78, 5) is 0. The van der Waals surface area contributed by atoms with Crippen LogP contribution in [0.3, 0.4) is 0 Å². The largest absolute Gasteiger partial charge is 0.391 e. The minimum atomic E-state index is -4.00. The zero-order valence-corrected chi connectivity index (χ0v) is 36.1. The van der Waals surface area contributed by atoms with E-state index in [4.69, 9.17) is 0 Å². The van der Waals surface area contributed by atoms with Gasteiger partial charge in [-0.15, -0.1) is 0 Å². The smallest absolute Gasteiger partial charge is 0.171 e. The normalized spacial score (nSPS) is 12.5. The quantitative estimate of drug-likeness (QED) is 0.287. The van der Waals surface area contributed by atoms with Gasteiger partial charge in [-0.2, -0.15) is 13.2 Å². The van der Waals surface area contributed by atoms with Gasteiger partial charge < -0.3 is 0 Å². The number of alkyl halides is 3. The van der Waals surface area contributed by atoms with Crippen molar-refractivity contribution in [1.82, 2.24) is 0 Å². The van der Waals surface area contributed by atoms with E-state index < -0.39 is 12.1 Å². The molecule has 0 nitrogen and oxygen atoms in total. The maximum Gasteiger partial charge on any atom is 0.391 e. The van der Waals surface area contributed by atoms with E-state index in [1.165, 1.54) is 51.4 Å². The maximum atomic E-state index is 11.2. The molecule has 0 aromatic heterocycles. The van der Waals surface area contributed by atoms with E-state index in [0.29, 0.717) is 10.8 Å². The van der Waals surface area contributed by atoms with Gasteiger partial charge in [0.2, 0.25) is 0 Å². The lowest BCUT2D eigenvalue weighted by molar-refractivity contribution is -0.164. The minimum Gasteiger partial charge on any atom is -0.171 e. The molecule has 1 rings (SSSR count). The van der Waals surface area contributed by atoms with Gasteiger partial charge in [0.15, 0.2) is 0 Å². The zero-order chi connectivity index (χ0) is 38.0. The summed E-state index contributed by atoms with van der Waals surface area (Å²) in [5, 5.41) is 0. The molecule has 44 heavy (non-hydrogen) atoms. The first-order valence-corrected chi connectivity index (χ1v) is 18.4. The Morgan fingerprint density at radius 2 is 0.659 bits per heavy atom. The second kappa shape index (κ2) is 39.0. The number of halogens is 3. The van der Waals surface area contributed by atoms with Crippen LogP contribution in [0.2, 0.25) is 0 Å². The Morgan fingerprint density at radius 3 is 0.659 bits per heavy atom. The third-order valence-corrected chi connectivity index (χ3v) is 5.10. The van der Waals surface area contributed by atoms with Crippen LogP contribution in [0, 0.1) is 39.9 Å². The van der Waals surface area contributed by atoms with Crippen molar-refractivity contribution in [1.29, 1.82) is 0 Å². The SMILES string of the molecule is CC(C)(C)C.CC(C)C.CC(C)C(F)(F)F.CC1(C)CC1.CCC.CCC(C)(C)C.CCC(C)C.CCC(C)C.CCCC. The summed E-state index contributed by atoms with van der Waals surface area (Å²) >= 11 is 0. The fraction of sp³-hybridized carbons (Fsp3) is 1.00. The summed E-state index contributed by atoms with van der Waals surface area (Å²) in [7, 11) is 0. The van der Waals surface area contributed by atoms with Gasteiger partial charge in [0.25, 0.3) is 0 Å². The number of hydrogen-bond acceptors (Lipinski definition) is 0. The second-order valence-electron chi connectivity index (χ2n) is 17.3. The molecule has 1 fully saturated rings. The summed E-state index contributed by atoms with van der Waals surface area (Å²) in [5.41, 5.74) is 1.79. The van der Waals surface area contributed by atoms with Crippen molar-refractivity contribution in [3.63, 3.8) is 0 Å². The van der Waals surface area contributed by atoms with Crippen LogP contribution in [0.25, 0.3) is 0 Å². The van der Waals surface area contributed by atoms with Crippen molar-refractivity contribution >= 4 is 0 Å². The lowest BCUT2D eigenvalue weighted by Crippen LogP contribution is -2.15. The van der Waals surface area contributed by atoms with E-state index in [1.807, 2.05) is 0 Å². The molecule has 0 heterocycles. The van der Waals surface area contributed by atoms with Gasteiger partial charge in [-0.05, 0) is 46.8 Å². The van der Waals surface area contributed by atoms with Crippen molar-refractivity contribution in [2.45, 2.75) is 231 Å². The van der Waals surface area contributed by atoms with Crippen LogP contribution < -0.4 is 0 Å². The maximum absolute atomic E-state index is 11.2. The molecule has 1 saturated carbocycles. The van der Waals surface area contributed by atoms with Crippen LogP contribution in [-0.2, 0) is 0 Å². The molecule has 280 valence electrons. The standard InChI is InChI=1S/C6H14.C5H10.3C5H12.C4H7F3.2C4H10.C3H8/c1-5-6(2,3)4;1-5(2)3-4-5;1-5(2,3)4;2*1-4-5(2)3;1-3(2)4(5,6)7;1-4(2)3;1-3-4-2;1-3-2/h5H2,1-4H3;3-4H2,1-2H3;1-4H3;2*5H,4H2,1-3H3;3H,1-2H3;4H,1-3H3;3-4H2,1-2H3;3H2,1-2H3. The Morgan fingerprint density at radius 1 is 0.545 bits per heavy atom. The average Bonchev–Trinajstić information content (AvgIpc) is 3.52. The highest BCUT2D eigenvalue weighted by Gasteiger charge is 2.31. The molecule has 0 unspecified atom stereocenters. The molecule has 0 saturated heterocycles. The van der Waals surface area contributed by atoms with Crippen molar-refractivity contribution < 1.29 is 13.2 Å². The summed E-state index contributed by atoms with van der Waals surface area (Å²) in [5.74, 6) is 1.40. The Bertz CT molecular complexity index is 427. The topological polar surface area (TPSA) is 0 Å². The Balaban J connectivity index is -0.0000000557. The molecular weight excluding hydrogens is 549 g/mol. The first-order valence-electron chi connectivity index (χ1n) is 18.4. The lowest BCUT2D eigenvalue weighted by atomic mass is 9.94. The van der Waals surface area contributed by atoms with E-state index >= 15 is 0 Å². The second-order valence-corrected chi connectivity index (χ2v) is 17.3. The van der Waals surface area contributed by atoms with Crippen molar-refractivity contribution in [2.75, 3.05) is 0 Å². The summed E-state index contributed by atoms with van der Waals surface area (Å²) in [6, 6.07) is 0. The fourth-order valence-corrected chi connectivity index (χ4v) is 0.250. The molecule has 3 heteroatoms. The predicted molar refractivity (Wildman–Crippen MR) is 206 cm³/mol. The molecule has 0 aliphatic heterocycles. The van der Waals surface area contributed by atoms with Crippen LogP contribution in [0.4, 0.5) is 13.2 Å². The van der Waals surface area contributed by atoms with Gasteiger partial charge >= 0.3 is 6.18 Å². The van der Waals surface area contributed by atoms with E-state index in [-0.39, 0.29) is 0 Å². The van der Waals surface area contributed by atoms with Crippen molar-refractivity contribution in [2.24, 2.45) is 39.9 Å². The fourth-order valence-electron chi connectivity index (χ4n) is 0.250. The third-order valence-electron chi connectivity index (χ3n) is 5.10. The zero-order valence-electron chi connectivity index (χ0n) is 36.1. The summed E-state index contributed by atoms with van der Waals surface area (Å²) in [6.07, 6.45) is 6.67. The van der Waals surface area contributed by atoms with Gasteiger partial charge in [-0.1, -0.05) is 212 Å². The first kappa shape index (κ1) is 62.6. The molecular formula is C41H95F3. The minimum absolute atomic E-state index is 0.500. The van der Waals surface area contributed by atoms with Gasteiger partial charge in [0, 0.05) is 5.92 Å². The molecule has 0 amide bonds. The monoisotopic (exact) mass is 645 g/mol. The molecule has 0 N–H and O–H groups in total. The molecule has 0 atom stereocenters. The highest BCUT2D eigenvalue weighted by atomic mass is 19.4. The highest BCUT2D eigenvalue weighted by molar-refractivity contribution is 4.82. The Kier molecular flexibility index (Phi) is 55.4. The molecule has 0 aromatic carbocycles. The van der Waals surface area contributed by atoms with Gasteiger partial charge in [-0.25, -0.2) is 0 Å². The van der Waals surface area contributed by atoms with Gasteiger partial charge in [0.1, 0.15) is 0 Å². The van der Waals surface area contributed by atoms with Crippen LogP contribution >= 0.6 is 0 Å². The predicted octanol–water partition coefficient (Wildman–Crippen LogP) is 17.5. The van der Waals surface area contributed by atoms with Crippen LogP contribution in [0.5, 0.6) is 0 Å². The molecule has 1 aliphatic rings. The summed E-state index contributed by atoms with van der Waals surface area (Å²) < 4.78 is 33.5. The first-order chi connectivity index (χ1) is 19.3. The molecule has 1 aliphatic carbocycles. The molecule has 0 bridgehead atoms. The van der Waals surface area contributed by atoms with Crippen LogP contribution in [0.1, 0.15) is 224 Å². The Labute approximate surface area is 283 Å². The van der Waals surface area contributed by atoms with Crippen LogP contribution in [0.15, 0.2) is 0 Å². The van der Waals surface area contributed by atoms with Crippen molar-refractivity contribution in [3.8, 4) is 0 Å². The van der Waals surface area contributed by atoms with Gasteiger partial charge in [-0.3, -0.25) is 0 Å². The van der Waals surface area contributed by atoms with Crippen molar-refractivity contribution in [3.05, 3.63) is 0 Å². The number of unbranched alkanes of at least 4 members (excludes halogenated alkanes) is 1. The lowest BCUT2D eigenvalue weighted by Gasteiger charge is -2.12. The molecule has 0 radical (unpaired) electrons. The number of hydrogen-bond donors (Lipinski definition) is 0. The highest BCUT2D eigenvalue weighted by Crippen LogP contribution is 2.43. The Hall–Kier alpha value is -0.210. The van der Waals surface area contributed by atoms with Gasteiger partial charge in [0.05, 0.1) is 0 Å². The van der Waals surface area contributed by atoms with Crippen LogP contribution in [-0.4, -0.2) is 6.18 Å². The molecule has 0 aromatic rings. The van der Waals surface area contributed by atoms with E-state index in [2.05, 4.69) is 159 Å². The van der Waals surface area contributed by atoms with E-state index in [9.17, 15) is 13.2 Å². The van der Waals surface area contributed by atoms with E-state index in [0.717, 1.165) is 37.0 Å². The average molecular weight is 645 g/mol. The van der Waals surface area contributed by atoms with E-state index in [1.54, 1.807) is 0 Å².